The van der Waals surface area contributed by atoms with E-state index < -0.39 is 0 Å². The van der Waals surface area contributed by atoms with Gasteiger partial charge in [0.05, 0.1) is 0 Å². The minimum Gasteiger partial charge on any atom is -0.383 e. The molecule has 78 valence electrons. The van der Waals surface area contributed by atoms with E-state index in [1.54, 1.807) is 11.5 Å². The topological polar surface area (TPSA) is 42.2 Å². The molecule has 0 amide bonds. The predicted octanol–water partition coefficient (Wildman–Crippen LogP) is 2.45. The summed E-state index contributed by atoms with van der Waals surface area (Å²) in [7, 11) is 2.13. The highest BCUT2D eigenvalue weighted by atomic mass is 32.1. The van der Waals surface area contributed by atoms with Gasteiger partial charge in [-0.2, -0.15) is 4.37 Å². The Kier molecular flexibility index (Phi) is 2.63. The van der Waals surface area contributed by atoms with Crippen molar-refractivity contribution in [1.82, 2.24) is 4.37 Å². The van der Waals surface area contributed by atoms with Gasteiger partial charge in [-0.05, 0) is 36.7 Å². The molecule has 0 saturated heterocycles. The van der Waals surface area contributed by atoms with Gasteiger partial charge in [0.2, 0.25) is 0 Å². The summed E-state index contributed by atoms with van der Waals surface area (Å²) in [5, 5.41) is 1.28. The zero-order valence-electron chi connectivity index (χ0n) is 8.79. The van der Waals surface area contributed by atoms with Crippen molar-refractivity contribution in [3.05, 3.63) is 5.56 Å². The fourth-order valence-corrected chi connectivity index (χ4v) is 2.65. The third kappa shape index (κ3) is 1.71. The van der Waals surface area contributed by atoms with E-state index in [4.69, 9.17) is 5.73 Å². The molecule has 0 radical (unpaired) electrons. The maximum atomic E-state index is 5.89. The fraction of sp³-hybridized carbons (Fsp3) is 0.700. The van der Waals surface area contributed by atoms with Gasteiger partial charge < -0.3 is 10.6 Å². The fourth-order valence-electron chi connectivity index (χ4n) is 1.77. The molecule has 0 atom stereocenters. The maximum Gasteiger partial charge on any atom is 0.142 e. The van der Waals surface area contributed by atoms with Gasteiger partial charge in [0, 0.05) is 19.2 Å². The zero-order valence-corrected chi connectivity index (χ0v) is 9.60. The lowest BCUT2D eigenvalue weighted by Gasteiger charge is -2.17. The molecule has 1 aromatic heterocycles. The number of rotatable bonds is 4. The number of nitrogens with zero attached hydrogens (tertiary/aromatic N) is 2. The molecule has 1 aromatic rings. The quantitative estimate of drug-likeness (QED) is 0.831. The minimum atomic E-state index is 0.697. The summed E-state index contributed by atoms with van der Waals surface area (Å²) in [6.07, 6.45) is 3.74. The maximum absolute atomic E-state index is 5.89. The van der Waals surface area contributed by atoms with Crippen molar-refractivity contribution in [3.63, 3.8) is 0 Å². The van der Waals surface area contributed by atoms with Gasteiger partial charge >= 0.3 is 0 Å². The zero-order chi connectivity index (χ0) is 10.1. The third-order valence-corrected chi connectivity index (χ3v) is 3.62. The minimum absolute atomic E-state index is 0.697. The second-order valence-electron chi connectivity index (χ2n) is 3.98. The van der Waals surface area contributed by atoms with Gasteiger partial charge in [0.15, 0.2) is 0 Å². The summed E-state index contributed by atoms with van der Waals surface area (Å²) in [5.41, 5.74) is 7.20. The Morgan fingerprint density at radius 2 is 2.29 bits per heavy atom. The SMILES string of the molecule is CCCN(C)c1snc(N)c1C1CC1. The van der Waals surface area contributed by atoms with Crippen molar-refractivity contribution in [1.29, 1.82) is 0 Å². The van der Waals surface area contributed by atoms with Gasteiger partial charge in [0.25, 0.3) is 0 Å². The number of hydrogen-bond acceptors (Lipinski definition) is 4. The summed E-state index contributed by atoms with van der Waals surface area (Å²) in [5.74, 6) is 1.46. The van der Waals surface area contributed by atoms with Crippen molar-refractivity contribution in [2.45, 2.75) is 32.1 Å². The number of aromatic nitrogens is 1. The average molecular weight is 211 g/mol. The molecule has 3 nitrogen and oxygen atoms in total. The molecule has 1 aliphatic rings. The van der Waals surface area contributed by atoms with Gasteiger partial charge in [-0.1, -0.05) is 6.92 Å². The Hall–Kier alpha value is -0.770. The monoisotopic (exact) mass is 211 g/mol. The molecule has 1 aliphatic carbocycles. The Morgan fingerprint density at radius 3 is 2.86 bits per heavy atom. The molecular formula is C10H17N3S. The molecule has 14 heavy (non-hydrogen) atoms. The van der Waals surface area contributed by atoms with Crippen molar-refractivity contribution in [2.75, 3.05) is 24.2 Å². The predicted molar refractivity (Wildman–Crippen MR) is 62.1 cm³/mol. The van der Waals surface area contributed by atoms with Crippen LogP contribution in [0.25, 0.3) is 0 Å². The average Bonchev–Trinajstić information content (AvgIpc) is 2.90. The second-order valence-corrected chi connectivity index (χ2v) is 4.73. The highest BCUT2D eigenvalue weighted by Crippen LogP contribution is 2.48. The molecule has 0 unspecified atom stereocenters. The molecular weight excluding hydrogens is 194 g/mol. The van der Waals surface area contributed by atoms with E-state index in [1.807, 2.05) is 0 Å². The van der Waals surface area contributed by atoms with E-state index in [2.05, 4.69) is 23.2 Å². The van der Waals surface area contributed by atoms with Crippen LogP contribution in [-0.2, 0) is 0 Å². The Morgan fingerprint density at radius 1 is 1.57 bits per heavy atom. The number of nitrogens with two attached hydrogens (primary N) is 1. The van der Waals surface area contributed by atoms with Gasteiger partial charge in [-0.3, -0.25) is 0 Å². The van der Waals surface area contributed by atoms with Crippen molar-refractivity contribution >= 4 is 22.4 Å². The van der Waals surface area contributed by atoms with Gasteiger partial charge in [-0.15, -0.1) is 0 Å². The van der Waals surface area contributed by atoms with Crippen LogP contribution >= 0.6 is 11.5 Å². The molecule has 1 heterocycles. The van der Waals surface area contributed by atoms with Gasteiger partial charge in [0.1, 0.15) is 10.8 Å². The number of hydrogen-bond donors (Lipinski definition) is 1. The molecule has 4 heteroatoms. The van der Waals surface area contributed by atoms with E-state index in [9.17, 15) is 0 Å². The lowest BCUT2D eigenvalue weighted by atomic mass is 10.2. The Bertz CT molecular complexity index is 317. The molecule has 0 aromatic carbocycles. The number of anilines is 2. The van der Waals surface area contributed by atoms with Crippen LogP contribution in [0.4, 0.5) is 10.8 Å². The summed E-state index contributed by atoms with van der Waals surface area (Å²) in [4.78, 5) is 2.28. The standard InChI is InChI=1S/C10H17N3S/c1-3-6-13(2)10-8(7-4-5-7)9(11)12-14-10/h7H,3-6H2,1-2H3,(H2,11,12). The highest BCUT2D eigenvalue weighted by molar-refractivity contribution is 7.10. The van der Waals surface area contributed by atoms with E-state index in [-0.39, 0.29) is 0 Å². The van der Waals surface area contributed by atoms with E-state index in [0.717, 1.165) is 12.4 Å². The Balaban J connectivity index is 2.23. The first-order valence-corrected chi connectivity index (χ1v) is 5.97. The van der Waals surface area contributed by atoms with Crippen LogP contribution in [0.2, 0.25) is 0 Å². The first-order valence-electron chi connectivity index (χ1n) is 5.20. The van der Waals surface area contributed by atoms with Crippen LogP contribution in [-0.4, -0.2) is 18.0 Å². The third-order valence-electron chi connectivity index (χ3n) is 2.63. The van der Waals surface area contributed by atoms with Crippen molar-refractivity contribution in [3.8, 4) is 0 Å². The number of nitrogen functional groups attached to an aromatic ring is 1. The molecule has 1 saturated carbocycles. The Labute approximate surface area is 89.1 Å². The first-order chi connectivity index (χ1) is 6.74. The second kappa shape index (κ2) is 3.77. The van der Waals surface area contributed by atoms with Crippen LogP contribution in [0.3, 0.4) is 0 Å². The summed E-state index contributed by atoms with van der Waals surface area (Å²) in [6.45, 7) is 3.28. The largest absolute Gasteiger partial charge is 0.383 e. The summed E-state index contributed by atoms with van der Waals surface area (Å²) >= 11 is 1.54. The first kappa shape index (κ1) is 9.77. The molecule has 2 rings (SSSR count). The molecule has 0 spiro atoms. The van der Waals surface area contributed by atoms with Crippen LogP contribution in [0.15, 0.2) is 0 Å². The van der Waals surface area contributed by atoms with Crippen molar-refractivity contribution in [2.24, 2.45) is 0 Å². The molecule has 1 fully saturated rings. The smallest absolute Gasteiger partial charge is 0.142 e. The molecule has 0 bridgehead atoms. The van der Waals surface area contributed by atoms with E-state index >= 15 is 0 Å². The summed E-state index contributed by atoms with van der Waals surface area (Å²) < 4.78 is 4.26. The lowest BCUT2D eigenvalue weighted by Crippen LogP contribution is -2.17. The normalized spacial score (nSPS) is 15.9. The molecule has 0 aliphatic heterocycles. The molecule has 2 N–H and O–H groups in total. The van der Waals surface area contributed by atoms with Gasteiger partial charge in [-0.25, -0.2) is 0 Å². The van der Waals surface area contributed by atoms with E-state index in [0.29, 0.717) is 5.92 Å². The van der Waals surface area contributed by atoms with Crippen LogP contribution in [0.1, 0.15) is 37.7 Å². The van der Waals surface area contributed by atoms with Crippen LogP contribution in [0.5, 0.6) is 0 Å². The van der Waals surface area contributed by atoms with E-state index in [1.165, 1.54) is 29.8 Å². The van der Waals surface area contributed by atoms with Crippen LogP contribution in [0, 0.1) is 0 Å². The summed E-state index contributed by atoms with van der Waals surface area (Å²) in [6, 6.07) is 0. The highest BCUT2D eigenvalue weighted by Gasteiger charge is 2.31. The lowest BCUT2D eigenvalue weighted by molar-refractivity contribution is 0.853. The van der Waals surface area contributed by atoms with Crippen LogP contribution < -0.4 is 10.6 Å². The van der Waals surface area contributed by atoms with Crippen molar-refractivity contribution < 1.29 is 0 Å².